The first kappa shape index (κ1) is 16.9. The molecule has 0 aromatic carbocycles. The molecule has 2 aromatic rings. The Balaban J connectivity index is 1.55. The minimum absolute atomic E-state index is 0.00819. The topological polar surface area (TPSA) is 70.2 Å². The maximum Gasteiger partial charge on any atom is 0.261 e. The van der Waals surface area contributed by atoms with E-state index in [1.807, 2.05) is 18.2 Å². The molecule has 0 atom stereocenters. The number of anilines is 1. The number of piperidine rings is 1. The van der Waals surface area contributed by atoms with Crippen LogP contribution in [0.4, 0.5) is 5.95 Å². The molecule has 2 N–H and O–H groups in total. The summed E-state index contributed by atoms with van der Waals surface area (Å²) in [5.74, 6) is 0.569. The monoisotopic (exact) mass is 345 g/mol. The summed E-state index contributed by atoms with van der Waals surface area (Å²) in [6.45, 7) is 3.94. The van der Waals surface area contributed by atoms with E-state index in [0.717, 1.165) is 30.2 Å². The van der Waals surface area contributed by atoms with E-state index in [-0.39, 0.29) is 5.91 Å². The van der Waals surface area contributed by atoms with E-state index < -0.39 is 0 Å². The summed E-state index contributed by atoms with van der Waals surface area (Å²) in [5, 5.41) is 5.94. The number of aromatic nitrogens is 2. The Morgan fingerprint density at radius 1 is 1.25 bits per heavy atom. The molecule has 1 aliphatic heterocycles. The Morgan fingerprint density at radius 2 is 2.08 bits per heavy atom. The Morgan fingerprint density at radius 3 is 2.88 bits per heavy atom. The largest absolute Gasteiger partial charge is 0.357 e. The van der Waals surface area contributed by atoms with Crippen molar-refractivity contribution in [1.29, 1.82) is 0 Å². The first-order chi connectivity index (χ1) is 11.8. The third-order valence-electron chi connectivity index (χ3n) is 4.12. The summed E-state index contributed by atoms with van der Waals surface area (Å²) in [5.41, 5.74) is 0.826. The number of thiophene rings is 1. The standard InChI is InChI=1S/C17H23N5OS/c1-18-17-20-8-7-13(21-17)14-5-6-15(24-14)16(23)19-9-12-22-10-3-2-4-11-22/h5-8H,2-4,9-12H2,1H3,(H,19,23)(H,18,20,21). The van der Waals surface area contributed by atoms with E-state index in [9.17, 15) is 4.79 Å². The highest BCUT2D eigenvalue weighted by molar-refractivity contribution is 7.17. The molecule has 1 aliphatic rings. The zero-order valence-corrected chi connectivity index (χ0v) is 14.7. The number of carbonyl (C=O) groups excluding carboxylic acids is 1. The van der Waals surface area contributed by atoms with Gasteiger partial charge in [0.2, 0.25) is 5.95 Å². The molecule has 24 heavy (non-hydrogen) atoms. The van der Waals surface area contributed by atoms with Crippen LogP contribution in [0.1, 0.15) is 28.9 Å². The molecular formula is C17H23N5OS. The molecule has 7 heteroatoms. The van der Waals surface area contributed by atoms with Gasteiger partial charge in [-0.3, -0.25) is 4.79 Å². The van der Waals surface area contributed by atoms with Crippen LogP contribution in [-0.4, -0.2) is 54.0 Å². The van der Waals surface area contributed by atoms with Crippen LogP contribution in [0.5, 0.6) is 0 Å². The SMILES string of the molecule is CNc1nccc(-c2ccc(C(=O)NCCN3CCCCC3)s2)n1. The van der Waals surface area contributed by atoms with E-state index in [4.69, 9.17) is 0 Å². The van der Waals surface area contributed by atoms with Crippen LogP contribution in [0.15, 0.2) is 24.4 Å². The van der Waals surface area contributed by atoms with Gasteiger partial charge >= 0.3 is 0 Å². The maximum absolute atomic E-state index is 12.3. The highest BCUT2D eigenvalue weighted by Crippen LogP contribution is 2.26. The number of amides is 1. The molecule has 1 fully saturated rings. The molecule has 1 saturated heterocycles. The molecule has 0 unspecified atom stereocenters. The fourth-order valence-electron chi connectivity index (χ4n) is 2.81. The lowest BCUT2D eigenvalue weighted by Gasteiger charge is -2.26. The molecule has 0 bridgehead atoms. The van der Waals surface area contributed by atoms with Crippen LogP contribution in [0.3, 0.4) is 0 Å². The molecule has 0 spiro atoms. The first-order valence-electron chi connectivity index (χ1n) is 8.38. The van der Waals surface area contributed by atoms with E-state index in [0.29, 0.717) is 17.4 Å². The molecule has 3 heterocycles. The summed E-state index contributed by atoms with van der Waals surface area (Å²) in [6, 6.07) is 5.65. The number of likely N-dealkylation sites (tertiary alicyclic amines) is 1. The molecular weight excluding hydrogens is 322 g/mol. The Labute approximate surface area is 146 Å². The van der Waals surface area contributed by atoms with E-state index in [2.05, 4.69) is 25.5 Å². The van der Waals surface area contributed by atoms with Crippen LogP contribution in [0.2, 0.25) is 0 Å². The fourth-order valence-corrected chi connectivity index (χ4v) is 3.70. The normalized spacial score (nSPS) is 15.2. The van der Waals surface area contributed by atoms with Gasteiger partial charge < -0.3 is 15.5 Å². The second-order valence-electron chi connectivity index (χ2n) is 5.84. The van der Waals surface area contributed by atoms with Gasteiger partial charge in [0.05, 0.1) is 15.4 Å². The van der Waals surface area contributed by atoms with Crippen molar-refractivity contribution in [3.05, 3.63) is 29.3 Å². The Kier molecular flexibility index (Phi) is 5.77. The van der Waals surface area contributed by atoms with Crippen molar-refractivity contribution < 1.29 is 4.79 Å². The second kappa shape index (κ2) is 8.21. The number of carbonyl (C=O) groups is 1. The minimum atomic E-state index is -0.00819. The van der Waals surface area contributed by atoms with Crippen molar-refractivity contribution in [3.8, 4) is 10.6 Å². The quantitative estimate of drug-likeness (QED) is 0.842. The molecule has 128 valence electrons. The van der Waals surface area contributed by atoms with E-state index in [1.54, 1.807) is 13.2 Å². The van der Waals surface area contributed by atoms with Crippen LogP contribution in [0.25, 0.3) is 10.6 Å². The van der Waals surface area contributed by atoms with Crippen molar-refractivity contribution >= 4 is 23.2 Å². The molecule has 0 radical (unpaired) electrons. The Bertz CT molecular complexity index is 681. The lowest BCUT2D eigenvalue weighted by Crippen LogP contribution is -2.37. The van der Waals surface area contributed by atoms with Gasteiger partial charge in [-0.15, -0.1) is 11.3 Å². The zero-order chi connectivity index (χ0) is 16.8. The minimum Gasteiger partial charge on any atom is -0.357 e. The summed E-state index contributed by atoms with van der Waals surface area (Å²) in [4.78, 5) is 24.9. The number of nitrogens with zero attached hydrogens (tertiary/aromatic N) is 3. The number of nitrogens with one attached hydrogen (secondary N) is 2. The third-order valence-corrected chi connectivity index (χ3v) is 5.23. The van der Waals surface area contributed by atoms with Crippen LogP contribution in [-0.2, 0) is 0 Å². The maximum atomic E-state index is 12.3. The van der Waals surface area contributed by atoms with Crippen LogP contribution >= 0.6 is 11.3 Å². The van der Waals surface area contributed by atoms with Crippen molar-refractivity contribution in [2.24, 2.45) is 0 Å². The van der Waals surface area contributed by atoms with E-state index in [1.165, 1.54) is 30.6 Å². The third kappa shape index (κ3) is 4.30. The summed E-state index contributed by atoms with van der Waals surface area (Å²) in [7, 11) is 1.79. The van der Waals surface area contributed by atoms with Gasteiger partial charge in [0.25, 0.3) is 5.91 Å². The van der Waals surface area contributed by atoms with Gasteiger partial charge in [-0.2, -0.15) is 0 Å². The number of rotatable bonds is 6. The van der Waals surface area contributed by atoms with Gasteiger partial charge in [-0.05, 0) is 44.1 Å². The van der Waals surface area contributed by atoms with Gasteiger partial charge in [0, 0.05) is 26.3 Å². The first-order valence-corrected chi connectivity index (χ1v) is 9.19. The van der Waals surface area contributed by atoms with Gasteiger partial charge in [-0.25, -0.2) is 9.97 Å². The van der Waals surface area contributed by atoms with E-state index >= 15 is 0 Å². The average Bonchev–Trinajstić information content (AvgIpc) is 3.13. The number of hydrogen-bond donors (Lipinski definition) is 2. The second-order valence-corrected chi connectivity index (χ2v) is 6.92. The zero-order valence-electron chi connectivity index (χ0n) is 13.9. The summed E-state index contributed by atoms with van der Waals surface area (Å²) >= 11 is 1.46. The lowest BCUT2D eigenvalue weighted by molar-refractivity contribution is 0.0950. The molecule has 3 rings (SSSR count). The Hall–Kier alpha value is -1.99. The highest BCUT2D eigenvalue weighted by Gasteiger charge is 2.13. The van der Waals surface area contributed by atoms with Crippen molar-refractivity contribution in [3.63, 3.8) is 0 Å². The van der Waals surface area contributed by atoms with Crippen molar-refractivity contribution in [2.75, 3.05) is 38.5 Å². The van der Waals surface area contributed by atoms with Gasteiger partial charge in [-0.1, -0.05) is 6.42 Å². The van der Waals surface area contributed by atoms with Crippen LogP contribution in [0, 0.1) is 0 Å². The van der Waals surface area contributed by atoms with Gasteiger partial charge in [0.1, 0.15) is 0 Å². The molecule has 0 saturated carbocycles. The van der Waals surface area contributed by atoms with Crippen molar-refractivity contribution in [1.82, 2.24) is 20.2 Å². The molecule has 1 amide bonds. The number of hydrogen-bond acceptors (Lipinski definition) is 6. The average molecular weight is 345 g/mol. The predicted octanol–water partition coefficient (Wildman–Crippen LogP) is 2.46. The molecule has 6 nitrogen and oxygen atoms in total. The fraction of sp³-hybridized carbons (Fsp3) is 0.471. The predicted molar refractivity (Wildman–Crippen MR) is 97.5 cm³/mol. The summed E-state index contributed by atoms with van der Waals surface area (Å²) < 4.78 is 0. The van der Waals surface area contributed by atoms with Crippen molar-refractivity contribution in [2.45, 2.75) is 19.3 Å². The molecule has 2 aromatic heterocycles. The summed E-state index contributed by atoms with van der Waals surface area (Å²) in [6.07, 6.45) is 5.59. The smallest absolute Gasteiger partial charge is 0.261 e. The van der Waals surface area contributed by atoms with Crippen LogP contribution < -0.4 is 10.6 Å². The lowest BCUT2D eigenvalue weighted by atomic mass is 10.1. The van der Waals surface area contributed by atoms with Gasteiger partial charge in [0.15, 0.2) is 0 Å². The molecule has 0 aliphatic carbocycles. The highest BCUT2D eigenvalue weighted by atomic mass is 32.1.